The third-order valence-electron chi connectivity index (χ3n) is 4.53. The van der Waals surface area contributed by atoms with Crippen LogP contribution in [0.5, 0.6) is 0 Å². The van der Waals surface area contributed by atoms with Crippen LogP contribution in [0.15, 0.2) is 0 Å². The van der Waals surface area contributed by atoms with Crippen LogP contribution in [-0.4, -0.2) is 5.78 Å². The van der Waals surface area contributed by atoms with Crippen LogP contribution in [0.4, 0.5) is 0 Å². The van der Waals surface area contributed by atoms with Gasteiger partial charge in [0.15, 0.2) is 0 Å². The van der Waals surface area contributed by atoms with E-state index in [0.29, 0.717) is 5.78 Å². The van der Waals surface area contributed by atoms with E-state index in [1.54, 1.807) is 0 Å². The molecule has 0 N–H and O–H groups in total. The quantitative estimate of drug-likeness (QED) is 0.330. The van der Waals surface area contributed by atoms with Crippen LogP contribution in [-0.2, 0) is 4.79 Å². The largest absolute Gasteiger partial charge is 0.300 e. The van der Waals surface area contributed by atoms with E-state index in [9.17, 15) is 4.79 Å². The van der Waals surface area contributed by atoms with Crippen LogP contribution in [0, 0.1) is 11.8 Å². The minimum Gasteiger partial charge on any atom is -0.300 e. The van der Waals surface area contributed by atoms with Crippen molar-refractivity contribution in [2.75, 3.05) is 0 Å². The van der Waals surface area contributed by atoms with Crippen molar-refractivity contribution in [2.45, 2.75) is 105 Å². The zero-order valence-corrected chi connectivity index (χ0v) is 14.5. The summed E-state index contributed by atoms with van der Waals surface area (Å²) in [6.07, 6.45) is 14.7. The molecule has 1 nitrogen and oxygen atoms in total. The highest BCUT2D eigenvalue weighted by Crippen LogP contribution is 2.18. The van der Waals surface area contributed by atoms with Gasteiger partial charge in [-0.15, -0.1) is 0 Å². The average molecular weight is 283 g/mol. The standard InChI is InChI=1S/C19H38O/c1-5-14-19(20)16-13-11-9-7-6-8-10-12-15-18(4)17(2)3/h17-18H,5-16H2,1-4H3. The summed E-state index contributed by atoms with van der Waals surface area (Å²) in [5, 5.41) is 0. The van der Waals surface area contributed by atoms with Crippen LogP contribution in [0.2, 0.25) is 0 Å². The molecule has 0 spiro atoms. The fourth-order valence-corrected chi connectivity index (χ4v) is 2.59. The summed E-state index contributed by atoms with van der Waals surface area (Å²) in [6, 6.07) is 0. The molecule has 0 aliphatic heterocycles. The molecule has 0 saturated heterocycles. The summed E-state index contributed by atoms with van der Waals surface area (Å²) in [6.45, 7) is 9.12. The van der Waals surface area contributed by atoms with Crippen molar-refractivity contribution in [3.05, 3.63) is 0 Å². The van der Waals surface area contributed by atoms with Crippen LogP contribution < -0.4 is 0 Å². The van der Waals surface area contributed by atoms with Crippen LogP contribution in [0.1, 0.15) is 105 Å². The first-order chi connectivity index (χ1) is 9.57. The molecule has 0 aliphatic rings. The van der Waals surface area contributed by atoms with Crippen molar-refractivity contribution in [1.29, 1.82) is 0 Å². The lowest BCUT2D eigenvalue weighted by atomic mass is 9.92. The SMILES string of the molecule is CCCC(=O)CCCCCCCCCCC(C)C(C)C. The number of Topliss-reactive ketones (excluding diaryl/α,β-unsaturated/α-hetero) is 1. The molecule has 0 fully saturated rings. The molecule has 1 unspecified atom stereocenters. The second-order valence-corrected chi connectivity index (χ2v) is 6.88. The lowest BCUT2D eigenvalue weighted by Crippen LogP contribution is -2.03. The zero-order valence-electron chi connectivity index (χ0n) is 14.5. The van der Waals surface area contributed by atoms with Crippen molar-refractivity contribution in [3.8, 4) is 0 Å². The van der Waals surface area contributed by atoms with Crippen LogP contribution >= 0.6 is 0 Å². The molecule has 0 bridgehead atoms. The Kier molecular flexibility index (Phi) is 13.4. The van der Waals surface area contributed by atoms with Gasteiger partial charge in [0, 0.05) is 12.8 Å². The molecule has 0 aromatic carbocycles. The predicted octanol–water partition coefficient (Wildman–Crippen LogP) is 6.55. The fourth-order valence-electron chi connectivity index (χ4n) is 2.59. The molecule has 0 aromatic rings. The van der Waals surface area contributed by atoms with Crippen LogP contribution in [0.25, 0.3) is 0 Å². The number of ketones is 1. The van der Waals surface area contributed by atoms with Crippen molar-refractivity contribution in [3.63, 3.8) is 0 Å². The molecule has 0 radical (unpaired) electrons. The summed E-state index contributed by atoms with van der Waals surface area (Å²) < 4.78 is 0. The molecule has 20 heavy (non-hydrogen) atoms. The van der Waals surface area contributed by atoms with Gasteiger partial charge in [0.05, 0.1) is 0 Å². The second kappa shape index (κ2) is 13.6. The highest BCUT2D eigenvalue weighted by molar-refractivity contribution is 5.78. The van der Waals surface area contributed by atoms with Gasteiger partial charge >= 0.3 is 0 Å². The summed E-state index contributed by atoms with van der Waals surface area (Å²) >= 11 is 0. The highest BCUT2D eigenvalue weighted by atomic mass is 16.1. The first-order valence-electron chi connectivity index (χ1n) is 9.09. The second-order valence-electron chi connectivity index (χ2n) is 6.88. The van der Waals surface area contributed by atoms with E-state index in [4.69, 9.17) is 0 Å². The Morgan fingerprint density at radius 3 is 1.75 bits per heavy atom. The molecule has 0 saturated carbocycles. The van der Waals surface area contributed by atoms with Gasteiger partial charge in [-0.1, -0.05) is 79.1 Å². The lowest BCUT2D eigenvalue weighted by Gasteiger charge is -2.14. The fraction of sp³-hybridized carbons (Fsp3) is 0.947. The minimum atomic E-state index is 0.465. The summed E-state index contributed by atoms with van der Waals surface area (Å²) in [5.74, 6) is 2.19. The number of carbonyl (C=O) groups excluding carboxylic acids is 1. The smallest absolute Gasteiger partial charge is 0.132 e. The zero-order chi connectivity index (χ0) is 15.2. The van der Waals surface area contributed by atoms with Gasteiger partial charge in [-0.05, 0) is 24.7 Å². The Morgan fingerprint density at radius 1 is 0.750 bits per heavy atom. The number of unbranched alkanes of at least 4 members (excludes halogenated alkanes) is 7. The van der Waals surface area contributed by atoms with E-state index in [0.717, 1.165) is 37.5 Å². The number of rotatable bonds is 14. The Bertz CT molecular complexity index is 220. The molecular weight excluding hydrogens is 244 g/mol. The summed E-state index contributed by atoms with van der Waals surface area (Å²) in [7, 11) is 0. The third-order valence-corrected chi connectivity index (χ3v) is 4.53. The molecule has 0 aromatic heterocycles. The normalized spacial score (nSPS) is 12.8. The average Bonchev–Trinajstić information content (AvgIpc) is 2.40. The lowest BCUT2D eigenvalue weighted by molar-refractivity contribution is -0.119. The summed E-state index contributed by atoms with van der Waals surface area (Å²) in [4.78, 5) is 11.4. The van der Waals surface area contributed by atoms with E-state index in [2.05, 4.69) is 27.7 Å². The summed E-state index contributed by atoms with van der Waals surface area (Å²) in [5.41, 5.74) is 0. The molecule has 120 valence electrons. The Morgan fingerprint density at radius 2 is 1.25 bits per heavy atom. The molecule has 1 atom stereocenters. The van der Waals surface area contributed by atoms with E-state index in [-0.39, 0.29) is 0 Å². The van der Waals surface area contributed by atoms with Gasteiger partial charge in [0.25, 0.3) is 0 Å². The van der Waals surface area contributed by atoms with E-state index in [1.807, 2.05) is 0 Å². The molecule has 1 heteroatoms. The van der Waals surface area contributed by atoms with Gasteiger partial charge in [-0.2, -0.15) is 0 Å². The van der Waals surface area contributed by atoms with E-state index in [1.165, 1.54) is 51.4 Å². The van der Waals surface area contributed by atoms with Gasteiger partial charge in [-0.3, -0.25) is 4.79 Å². The molecule has 0 heterocycles. The molecule has 0 amide bonds. The topological polar surface area (TPSA) is 17.1 Å². The van der Waals surface area contributed by atoms with Crippen molar-refractivity contribution < 1.29 is 4.79 Å². The Hall–Kier alpha value is -0.330. The Labute approximate surface area is 127 Å². The first-order valence-corrected chi connectivity index (χ1v) is 9.09. The molecule has 0 aliphatic carbocycles. The third kappa shape index (κ3) is 12.7. The van der Waals surface area contributed by atoms with Gasteiger partial charge in [0.2, 0.25) is 0 Å². The van der Waals surface area contributed by atoms with Crippen LogP contribution in [0.3, 0.4) is 0 Å². The Balaban J connectivity index is 3.15. The first kappa shape index (κ1) is 19.7. The van der Waals surface area contributed by atoms with Crippen molar-refractivity contribution >= 4 is 5.78 Å². The molecule has 0 rings (SSSR count). The van der Waals surface area contributed by atoms with E-state index >= 15 is 0 Å². The van der Waals surface area contributed by atoms with Gasteiger partial charge in [-0.25, -0.2) is 0 Å². The van der Waals surface area contributed by atoms with Crippen molar-refractivity contribution in [2.24, 2.45) is 11.8 Å². The van der Waals surface area contributed by atoms with Crippen molar-refractivity contribution in [1.82, 2.24) is 0 Å². The maximum atomic E-state index is 11.4. The van der Waals surface area contributed by atoms with E-state index < -0.39 is 0 Å². The molecular formula is C19H38O. The monoisotopic (exact) mass is 282 g/mol. The van der Waals surface area contributed by atoms with Gasteiger partial charge in [0.1, 0.15) is 5.78 Å². The predicted molar refractivity (Wildman–Crippen MR) is 90.1 cm³/mol. The number of carbonyl (C=O) groups is 1. The number of hydrogen-bond acceptors (Lipinski definition) is 1. The van der Waals surface area contributed by atoms with Gasteiger partial charge < -0.3 is 0 Å². The number of hydrogen-bond donors (Lipinski definition) is 0. The maximum absolute atomic E-state index is 11.4. The highest BCUT2D eigenvalue weighted by Gasteiger charge is 2.05. The maximum Gasteiger partial charge on any atom is 0.132 e. The minimum absolute atomic E-state index is 0.465.